The van der Waals surface area contributed by atoms with Crippen LogP contribution in [0.15, 0.2) is 69.5 Å². The summed E-state index contributed by atoms with van der Waals surface area (Å²) in [6.45, 7) is 14.5. The average molecular weight is 719 g/mol. The van der Waals surface area contributed by atoms with Crippen LogP contribution in [0.4, 0.5) is 0 Å². The third-order valence-electron chi connectivity index (χ3n) is 14.0. The quantitative estimate of drug-likeness (QED) is 0.197. The summed E-state index contributed by atoms with van der Waals surface area (Å²) < 4.78 is 13.2. The zero-order valence-corrected chi connectivity index (χ0v) is 32.5. The molecule has 4 fully saturated rings. The Morgan fingerprint density at radius 3 is 1.98 bits per heavy atom. The molecule has 0 heterocycles. The molecule has 4 bridgehead atoms. The van der Waals surface area contributed by atoms with Gasteiger partial charge in [0, 0.05) is 0 Å². The Morgan fingerprint density at radius 1 is 0.778 bits per heavy atom. The molecule has 0 nitrogen and oxygen atoms in total. The van der Waals surface area contributed by atoms with Crippen molar-refractivity contribution in [1.82, 2.24) is 0 Å². The van der Waals surface area contributed by atoms with Crippen molar-refractivity contribution in [2.24, 2.45) is 35.0 Å². The SMILES string of the molecule is Cl.Cl.[CH2]=[Zr]([CH3])([C]1=CC(C2(C)C3CC4CC(C3)CC2C4)=CC1C)([c]1ccccc1)[c]1c(C)c(C)cc2c1Cc1cc(C)c(C)cc1-2. The molecule has 45 heavy (non-hydrogen) atoms. The van der Waals surface area contributed by atoms with Crippen LogP contribution in [-0.4, -0.2) is 4.21 Å². The molecule has 9 rings (SSSR count). The molecule has 3 heteroatoms. The molecule has 0 amide bonds. The van der Waals surface area contributed by atoms with Crippen molar-refractivity contribution in [3.8, 4) is 11.1 Å². The summed E-state index contributed by atoms with van der Waals surface area (Å²) in [7, 11) is 0. The van der Waals surface area contributed by atoms with E-state index in [0.29, 0.717) is 11.3 Å². The third kappa shape index (κ3) is 4.49. The van der Waals surface area contributed by atoms with Crippen LogP contribution in [0, 0.1) is 62.7 Å². The molecule has 1 unspecified atom stereocenters. The minimum absolute atomic E-state index is 0. The molecular weight excluding hydrogens is 667 g/mol. The van der Waals surface area contributed by atoms with Gasteiger partial charge in [0.15, 0.2) is 0 Å². The monoisotopic (exact) mass is 716 g/mol. The number of halogens is 2. The third-order valence-corrected chi connectivity index (χ3v) is 29.0. The zero-order valence-electron chi connectivity index (χ0n) is 28.4. The van der Waals surface area contributed by atoms with E-state index in [-0.39, 0.29) is 24.8 Å². The van der Waals surface area contributed by atoms with Gasteiger partial charge in [0.1, 0.15) is 0 Å². The van der Waals surface area contributed by atoms with Crippen LogP contribution >= 0.6 is 24.8 Å². The number of fused-ring (bicyclic) bond motifs is 3. The molecule has 4 saturated carbocycles. The van der Waals surface area contributed by atoms with Crippen molar-refractivity contribution < 1.29 is 18.3 Å². The predicted molar refractivity (Wildman–Crippen MR) is 197 cm³/mol. The van der Waals surface area contributed by atoms with Crippen molar-refractivity contribution in [1.29, 1.82) is 0 Å². The number of hydrogen-bond acceptors (Lipinski definition) is 0. The molecule has 0 spiro atoms. The van der Waals surface area contributed by atoms with Gasteiger partial charge in [0.2, 0.25) is 0 Å². The first kappa shape index (κ1) is 33.4. The Balaban J connectivity index is 0.00000179. The Hall–Kier alpha value is -1.53. The van der Waals surface area contributed by atoms with Gasteiger partial charge in [0.25, 0.3) is 0 Å². The summed E-state index contributed by atoms with van der Waals surface area (Å²) in [5.41, 5.74) is 13.8. The van der Waals surface area contributed by atoms with E-state index in [1.807, 2.05) is 0 Å². The maximum atomic E-state index is 5.65. The van der Waals surface area contributed by atoms with Crippen molar-refractivity contribution in [3.63, 3.8) is 0 Å². The van der Waals surface area contributed by atoms with E-state index in [4.69, 9.17) is 4.21 Å². The standard InChI is InChI=1S/C17H23.C17H17.C6H5.CH3.CH2.2ClH.Zr/c1-11-3-4-14(5-11)17(2)15-7-12-6-13(9-15)10-16(17)8-12;1-10-5-14-9-15-6-11(2)13(4)8-17(15)16(14)7-12(10)3;1-2-4-6-5-3-1;;;;;/h4-5,11-13,15-16H,6-10H2,1-2H3;5,7-8H,9H2,1-4H3;1-5H;1H3;1H2;2*1H;. The first-order valence-corrected chi connectivity index (χ1v) is 25.1. The van der Waals surface area contributed by atoms with E-state index in [1.165, 1.54) is 74.3 Å². The molecule has 0 N–H and O–H groups in total. The minimum atomic E-state index is -4.36. The summed E-state index contributed by atoms with van der Waals surface area (Å²) in [6, 6.07) is 19.1. The van der Waals surface area contributed by atoms with Crippen LogP contribution < -0.4 is 6.54 Å². The van der Waals surface area contributed by atoms with Gasteiger partial charge in [-0.3, -0.25) is 0 Å². The molecule has 0 aromatic heterocycles. The Labute approximate surface area is 285 Å². The van der Waals surface area contributed by atoms with Crippen LogP contribution in [0.2, 0.25) is 4.63 Å². The van der Waals surface area contributed by atoms with Crippen molar-refractivity contribution >= 4 is 35.6 Å². The van der Waals surface area contributed by atoms with Crippen molar-refractivity contribution in [2.75, 3.05) is 0 Å². The first-order valence-electron chi connectivity index (χ1n) is 17.2. The van der Waals surface area contributed by atoms with E-state index in [9.17, 15) is 0 Å². The summed E-state index contributed by atoms with van der Waals surface area (Å²) in [6.07, 6.45) is 13.9. The van der Waals surface area contributed by atoms with Gasteiger partial charge in [-0.1, -0.05) is 0 Å². The van der Waals surface area contributed by atoms with Crippen molar-refractivity contribution in [2.45, 2.75) is 84.7 Å². The fourth-order valence-corrected chi connectivity index (χ4v) is 26.6. The second-order valence-electron chi connectivity index (χ2n) is 16.5. The fourth-order valence-electron chi connectivity index (χ4n) is 11.6. The van der Waals surface area contributed by atoms with Crippen LogP contribution in [0.5, 0.6) is 0 Å². The molecule has 3 aromatic rings. The second kappa shape index (κ2) is 11.0. The number of benzene rings is 3. The summed E-state index contributed by atoms with van der Waals surface area (Å²) in [5.74, 6) is 4.15. The van der Waals surface area contributed by atoms with Gasteiger partial charge < -0.3 is 0 Å². The molecule has 6 aliphatic rings. The summed E-state index contributed by atoms with van der Waals surface area (Å²) in [5, 5.41) is 0. The van der Waals surface area contributed by atoms with Crippen LogP contribution in [0.25, 0.3) is 11.1 Å². The van der Waals surface area contributed by atoms with Gasteiger partial charge in [-0.25, -0.2) is 0 Å². The number of aryl methyl sites for hydroxylation is 3. The molecule has 0 radical (unpaired) electrons. The van der Waals surface area contributed by atoms with Gasteiger partial charge >= 0.3 is 263 Å². The summed E-state index contributed by atoms with van der Waals surface area (Å²) in [4.78, 5) is 0. The summed E-state index contributed by atoms with van der Waals surface area (Å²) >= 11 is -4.36. The number of rotatable bonds is 4. The topological polar surface area (TPSA) is 0 Å². The van der Waals surface area contributed by atoms with Gasteiger partial charge in [0.05, 0.1) is 0 Å². The van der Waals surface area contributed by atoms with Gasteiger partial charge in [-0.2, -0.15) is 0 Å². The van der Waals surface area contributed by atoms with E-state index < -0.39 is 18.3 Å². The Bertz CT molecular complexity index is 1810. The average Bonchev–Trinajstić information content (AvgIpc) is 3.53. The molecule has 3 aromatic carbocycles. The molecule has 6 aliphatic carbocycles. The molecule has 1 atom stereocenters. The fraction of sp³-hybridized carbons (Fsp3) is 0.452. The maximum absolute atomic E-state index is 5.65. The van der Waals surface area contributed by atoms with E-state index in [0.717, 1.165) is 30.1 Å². The van der Waals surface area contributed by atoms with Crippen molar-refractivity contribution in [3.05, 3.63) is 103 Å². The van der Waals surface area contributed by atoms with Gasteiger partial charge in [-0.05, 0) is 0 Å². The molecule has 0 saturated heterocycles. The molecule has 0 aliphatic heterocycles. The first-order chi connectivity index (χ1) is 20.4. The predicted octanol–water partition coefficient (Wildman–Crippen LogP) is 10.4. The van der Waals surface area contributed by atoms with E-state index >= 15 is 0 Å². The molecular formula is C42H52Cl2Zr. The van der Waals surface area contributed by atoms with Crippen LogP contribution in [-0.2, 0) is 24.7 Å². The zero-order chi connectivity index (χ0) is 30.1. The Morgan fingerprint density at radius 2 is 1.36 bits per heavy atom. The van der Waals surface area contributed by atoms with E-state index in [2.05, 4.69) is 107 Å². The number of allylic oxidation sites excluding steroid dienone is 4. The Kier molecular flexibility index (Phi) is 8.16. The molecule has 238 valence electrons. The van der Waals surface area contributed by atoms with Crippen LogP contribution in [0.1, 0.15) is 79.3 Å². The number of hydrogen-bond donors (Lipinski definition) is 0. The van der Waals surface area contributed by atoms with Gasteiger partial charge in [-0.15, -0.1) is 24.8 Å². The van der Waals surface area contributed by atoms with Crippen LogP contribution in [0.3, 0.4) is 0 Å². The second-order valence-corrected chi connectivity index (χ2v) is 30.4. The van der Waals surface area contributed by atoms with E-state index in [1.54, 1.807) is 17.7 Å². The normalized spacial score (nSPS) is 29.4.